The highest BCUT2D eigenvalue weighted by molar-refractivity contribution is 5.45. The van der Waals surface area contributed by atoms with Crippen molar-refractivity contribution in [3.8, 4) is 23.4 Å². The molecule has 0 spiro atoms. The summed E-state index contributed by atoms with van der Waals surface area (Å²) in [5.74, 6) is 1.48. The summed E-state index contributed by atoms with van der Waals surface area (Å²) in [5, 5.41) is 8.97. The van der Waals surface area contributed by atoms with Crippen LogP contribution in [-0.2, 0) is 0 Å². The third-order valence-electron chi connectivity index (χ3n) is 2.75. The maximum Gasteiger partial charge on any atom is 0.219 e. The van der Waals surface area contributed by atoms with Crippen LogP contribution in [0.1, 0.15) is 24.1 Å². The van der Waals surface area contributed by atoms with E-state index in [9.17, 15) is 0 Å². The third kappa shape index (κ3) is 3.25. The van der Waals surface area contributed by atoms with E-state index in [1.807, 2.05) is 13.0 Å². The highest BCUT2D eigenvalue weighted by Crippen LogP contribution is 2.27. The molecule has 0 unspecified atom stereocenters. The van der Waals surface area contributed by atoms with Crippen molar-refractivity contribution in [1.29, 1.82) is 5.26 Å². The molecule has 20 heavy (non-hydrogen) atoms. The van der Waals surface area contributed by atoms with Crippen LogP contribution in [0.2, 0.25) is 0 Å². The molecule has 1 aromatic carbocycles. The van der Waals surface area contributed by atoms with Crippen LogP contribution >= 0.6 is 0 Å². The van der Waals surface area contributed by atoms with Crippen LogP contribution in [0, 0.1) is 11.3 Å². The number of nitriles is 1. The monoisotopic (exact) mass is 269 g/mol. The summed E-state index contributed by atoms with van der Waals surface area (Å²) in [6.07, 6.45) is 1.64. The number of pyridine rings is 1. The minimum absolute atomic E-state index is 0.0969. The van der Waals surface area contributed by atoms with Crippen molar-refractivity contribution in [2.24, 2.45) is 5.73 Å². The Labute approximate surface area is 117 Å². The summed E-state index contributed by atoms with van der Waals surface area (Å²) < 4.78 is 10.8. The predicted octanol–water partition coefficient (Wildman–Crippen LogP) is 2.77. The Balaban J connectivity index is 2.30. The van der Waals surface area contributed by atoms with Crippen molar-refractivity contribution < 1.29 is 9.47 Å². The number of methoxy groups -OCH3 is 1. The smallest absolute Gasteiger partial charge is 0.219 e. The normalized spacial score (nSPS) is 11.5. The second-order valence-corrected chi connectivity index (χ2v) is 4.33. The summed E-state index contributed by atoms with van der Waals surface area (Å²) in [6.45, 7) is 1.89. The van der Waals surface area contributed by atoms with Crippen molar-refractivity contribution >= 4 is 0 Å². The van der Waals surface area contributed by atoms with E-state index in [2.05, 4.69) is 11.1 Å². The molecule has 5 heteroatoms. The number of nitrogens with two attached hydrogens (primary N) is 1. The van der Waals surface area contributed by atoms with Gasteiger partial charge in [0.05, 0.1) is 18.7 Å². The topological polar surface area (TPSA) is 81.2 Å². The first-order valence-electron chi connectivity index (χ1n) is 6.11. The molecular weight excluding hydrogens is 254 g/mol. The van der Waals surface area contributed by atoms with Gasteiger partial charge < -0.3 is 15.2 Å². The SMILES string of the molecule is COc1cc(C#N)cc(Oc2cc([C@H](C)N)ccn2)c1. The van der Waals surface area contributed by atoms with Crippen LogP contribution in [-0.4, -0.2) is 12.1 Å². The Morgan fingerprint density at radius 1 is 1.25 bits per heavy atom. The maximum absolute atomic E-state index is 8.97. The quantitative estimate of drug-likeness (QED) is 0.923. The Bertz CT molecular complexity index is 648. The third-order valence-corrected chi connectivity index (χ3v) is 2.75. The maximum atomic E-state index is 8.97. The molecule has 2 rings (SSSR count). The van der Waals surface area contributed by atoms with Gasteiger partial charge in [-0.1, -0.05) is 0 Å². The van der Waals surface area contributed by atoms with Gasteiger partial charge in [-0.15, -0.1) is 0 Å². The Kier molecular flexibility index (Phi) is 4.18. The lowest BCUT2D eigenvalue weighted by molar-refractivity contribution is 0.407. The Hall–Kier alpha value is -2.58. The van der Waals surface area contributed by atoms with Gasteiger partial charge in [0.2, 0.25) is 5.88 Å². The number of hydrogen-bond donors (Lipinski definition) is 1. The molecule has 0 saturated heterocycles. The first kappa shape index (κ1) is 13.8. The molecule has 102 valence electrons. The fourth-order valence-corrected chi connectivity index (χ4v) is 1.70. The van der Waals surface area contributed by atoms with Gasteiger partial charge in [-0.05, 0) is 30.7 Å². The van der Waals surface area contributed by atoms with Crippen molar-refractivity contribution in [2.75, 3.05) is 7.11 Å². The van der Waals surface area contributed by atoms with Crippen molar-refractivity contribution in [3.63, 3.8) is 0 Å². The van der Waals surface area contributed by atoms with E-state index >= 15 is 0 Å². The van der Waals surface area contributed by atoms with Gasteiger partial charge in [-0.3, -0.25) is 0 Å². The second kappa shape index (κ2) is 6.04. The lowest BCUT2D eigenvalue weighted by Crippen LogP contribution is -2.05. The van der Waals surface area contributed by atoms with Gasteiger partial charge >= 0.3 is 0 Å². The molecule has 0 aliphatic rings. The van der Waals surface area contributed by atoms with E-state index in [1.54, 1.807) is 30.5 Å². The lowest BCUT2D eigenvalue weighted by atomic mass is 10.1. The van der Waals surface area contributed by atoms with Gasteiger partial charge in [0.15, 0.2) is 0 Å². The fourth-order valence-electron chi connectivity index (χ4n) is 1.70. The zero-order chi connectivity index (χ0) is 14.5. The molecule has 0 aliphatic carbocycles. The zero-order valence-electron chi connectivity index (χ0n) is 11.3. The summed E-state index contributed by atoms with van der Waals surface area (Å²) >= 11 is 0. The number of ether oxygens (including phenoxy) is 2. The number of hydrogen-bond acceptors (Lipinski definition) is 5. The van der Waals surface area contributed by atoms with Crippen LogP contribution in [0.5, 0.6) is 17.4 Å². The average Bonchev–Trinajstić information content (AvgIpc) is 2.47. The van der Waals surface area contributed by atoms with E-state index in [0.717, 1.165) is 5.56 Å². The van der Waals surface area contributed by atoms with Gasteiger partial charge in [0.25, 0.3) is 0 Å². The number of aromatic nitrogens is 1. The largest absolute Gasteiger partial charge is 0.497 e. The summed E-state index contributed by atoms with van der Waals surface area (Å²) in [5.41, 5.74) is 7.21. The molecule has 0 radical (unpaired) electrons. The summed E-state index contributed by atoms with van der Waals surface area (Å²) in [7, 11) is 1.54. The predicted molar refractivity (Wildman–Crippen MR) is 74.6 cm³/mol. The molecule has 0 aliphatic heterocycles. The number of benzene rings is 1. The molecule has 0 bridgehead atoms. The number of rotatable bonds is 4. The van der Waals surface area contributed by atoms with Crippen LogP contribution in [0.15, 0.2) is 36.5 Å². The minimum atomic E-state index is -0.0969. The molecule has 0 fully saturated rings. The Morgan fingerprint density at radius 2 is 2.00 bits per heavy atom. The van der Waals surface area contributed by atoms with Gasteiger partial charge in [-0.25, -0.2) is 4.98 Å². The highest BCUT2D eigenvalue weighted by atomic mass is 16.5. The van der Waals surface area contributed by atoms with Crippen molar-refractivity contribution in [3.05, 3.63) is 47.7 Å². The summed E-state index contributed by atoms with van der Waals surface area (Å²) in [4.78, 5) is 4.13. The van der Waals surface area contributed by atoms with Crippen LogP contribution in [0.25, 0.3) is 0 Å². The molecule has 0 amide bonds. The van der Waals surface area contributed by atoms with Crippen molar-refractivity contribution in [1.82, 2.24) is 4.98 Å². The van der Waals surface area contributed by atoms with E-state index in [1.165, 1.54) is 7.11 Å². The van der Waals surface area contributed by atoms with E-state index in [0.29, 0.717) is 22.9 Å². The molecule has 1 aromatic heterocycles. The van der Waals surface area contributed by atoms with Crippen molar-refractivity contribution in [2.45, 2.75) is 13.0 Å². The molecule has 2 aromatic rings. The van der Waals surface area contributed by atoms with Crippen LogP contribution in [0.4, 0.5) is 0 Å². The van der Waals surface area contributed by atoms with E-state index in [4.69, 9.17) is 20.5 Å². The molecule has 5 nitrogen and oxygen atoms in total. The average molecular weight is 269 g/mol. The van der Waals surface area contributed by atoms with Gasteiger partial charge in [-0.2, -0.15) is 5.26 Å². The fraction of sp³-hybridized carbons (Fsp3) is 0.200. The first-order valence-corrected chi connectivity index (χ1v) is 6.11. The van der Waals surface area contributed by atoms with Crippen LogP contribution in [0.3, 0.4) is 0 Å². The summed E-state index contributed by atoms with van der Waals surface area (Å²) in [6, 6.07) is 10.5. The molecule has 0 saturated carbocycles. The van der Waals surface area contributed by atoms with Gasteiger partial charge in [0, 0.05) is 24.4 Å². The molecule has 2 N–H and O–H groups in total. The zero-order valence-corrected chi connectivity index (χ0v) is 11.3. The van der Waals surface area contributed by atoms with E-state index in [-0.39, 0.29) is 6.04 Å². The molecular formula is C15H15N3O2. The first-order chi connectivity index (χ1) is 9.62. The highest BCUT2D eigenvalue weighted by Gasteiger charge is 2.06. The molecule has 1 heterocycles. The minimum Gasteiger partial charge on any atom is -0.497 e. The van der Waals surface area contributed by atoms with E-state index < -0.39 is 0 Å². The second-order valence-electron chi connectivity index (χ2n) is 4.33. The standard InChI is InChI=1S/C15H15N3O2/c1-10(17)12-3-4-18-15(7-12)20-14-6-11(9-16)5-13(8-14)19-2/h3-8,10H,17H2,1-2H3/t10-/m0/s1. The van der Waals surface area contributed by atoms with Gasteiger partial charge in [0.1, 0.15) is 11.5 Å². The number of nitrogens with zero attached hydrogens (tertiary/aromatic N) is 2. The molecule has 1 atom stereocenters. The lowest BCUT2D eigenvalue weighted by Gasteiger charge is -2.10. The Morgan fingerprint density at radius 3 is 2.65 bits per heavy atom. The van der Waals surface area contributed by atoms with Crippen LogP contribution < -0.4 is 15.2 Å².